The van der Waals surface area contributed by atoms with Gasteiger partial charge in [-0.1, -0.05) is 17.7 Å². The number of hydrogen-bond donors (Lipinski definition) is 0. The van der Waals surface area contributed by atoms with Gasteiger partial charge in [-0.3, -0.25) is 4.89 Å². The largest absolute Gasteiger partial charge is 0.373 e. The molecule has 0 saturated carbocycles. The Balaban J connectivity index is 2.90. The van der Waals surface area contributed by atoms with Crippen molar-refractivity contribution in [2.45, 2.75) is 47.1 Å². The van der Waals surface area contributed by atoms with E-state index < -0.39 is 11.6 Å². The predicted octanol–water partition coefficient (Wildman–Crippen LogP) is 3.50. The minimum Gasteiger partial charge on any atom is -0.292 e. The highest BCUT2D eigenvalue weighted by molar-refractivity contribution is 5.92. The van der Waals surface area contributed by atoms with Crippen LogP contribution in [0.25, 0.3) is 0 Å². The summed E-state index contributed by atoms with van der Waals surface area (Å²) in [5.74, 6) is -0.435. The molecular weight excluding hydrogens is 216 g/mol. The maximum Gasteiger partial charge on any atom is 0.373 e. The molecule has 94 valence electrons. The van der Waals surface area contributed by atoms with Crippen LogP contribution in [-0.2, 0) is 9.78 Å². The van der Waals surface area contributed by atoms with E-state index in [1.807, 2.05) is 53.7 Å². The molecule has 3 heteroatoms. The number of rotatable bonds is 2. The molecule has 0 N–H and O–H groups in total. The second kappa shape index (κ2) is 4.88. The van der Waals surface area contributed by atoms with Crippen LogP contribution in [0.2, 0.25) is 0 Å². The summed E-state index contributed by atoms with van der Waals surface area (Å²) in [6, 6.07) is 3.92. The van der Waals surface area contributed by atoms with E-state index in [4.69, 9.17) is 9.78 Å². The number of carbonyl (C=O) groups is 1. The summed E-state index contributed by atoms with van der Waals surface area (Å²) < 4.78 is 0. The molecule has 0 bridgehead atoms. The molecule has 0 spiro atoms. The number of hydrogen-bond acceptors (Lipinski definition) is 3. The Morgan fingerprint density at radius 1 is 1.06 bits per heavy atom. The van der Waals surface area contributed by atoms with E-state index in [1.165, 1.54) is 0 Å². The number of carbonyl (C=O) groups excluding carboxylic acids is 1. The summed E-state index contributed by atoms with van der Waals surface area (Å²) in [6.45, 7) is 11.3. The van der Waals surface area contributed by atoms with Crippen LogP contribution in [0.15, 0.2) is 12.1 Å². The average Bonchev–Trinajstić information content (AvgIpc) is 2.11. The highest BCUT2D eigenvalue weighted by Gasteiger charge is 2.19. The summed E-state index contributed by atoms with van der Waals surface area (Å²) in [4.78, 5) is 21.8. The van der Waals surface area contributed by atoms with Gasteiger partial charge in [0.15, 0.2) is 0 Å². The lowest BCUT2D eigenvalue weighted by molar-refractivity contribution is -0.301. The molecule has 0 aromatic heterocycles. The first kappa shape index (κ1) is 13.7. The third-order valence-corrected chi connectivity index (χ3v) is 2.25. The molecule has 1 aromatic rings. The fourth-order valence-corrected chi connectivity index (χ4v) is 1.71. The van der Waals surface area contributed by atoms with Crippen LogP contribution in [0.3, 0.4) is 0 Å². The monoisotopic (exact) mass is 236 g/mol. The molecule has 0 radical (unpaired) electrons. The van der Waals surface area contributed by atoms with Crippen molar-refractivity contribution in [2.24, 2.45) is 0 Å². The molecule has 1 aromatic carbocycles. The van der Waals surface area contributed by atoms with E-state index in [9.17, 15) is 4.79 Å². The van der Waals surface area contributed by atoms with Crippen molar-refractivity contribution in [3.05, 3.63) is 34.4 Å². The van der Waals surface area contributed by atoms with Gasteiger partial charge in [0.1, 0.15) is 5.60 Å². The SMILES string of the molecule is Cc1cc(C)c(C(=O)OOC(C)(C)C)c(C)c1. The van der Waals surface area contributed by atoms with E-state index in [1.54, 1.807) is 0 Å². The molecule has 0 heterocycles. The van der Waals surface area contributed by atoms with Gasteiger partial charge in [-0.25, -0.2) is 4.79 Å². The highest BCUT2D eigenvalue weighted by Crippen LogP contribution is 2.18. The zero-order valence-corrected chi connectivity index (χ0v) is 11.4. The van der Waals surface area contributed by atoms with Crippen molar-refractivity contribution in [3.63, 3.8) is 0 Å². The van der Waals surface area contributed by atoms with Crippen LogP contribution >= 0.6 is 0 Å². The first-order valence-electron chi connectivity index (χ1n) is 5.68. The Labute approximate surface area is 103 Å². The van der Waals surface area contributed by atoms with Gasteiger partial charge >= 0.3 is 5.97 Å². The van der Waals surface area contributed by atoms with E-state index in [0.717, 1.165) is 16.7 Å². The first-order valence-corrected chi connectivity index (χ1v) is 5.68. The lowest BCUT2D eigenvalue weighted by Gasteiger charge is -2.17. The molecule has 0 amide bonds. The standard InChI is InChI=1S/C14H20O3/c1-9-7-10(2)12(11(3)8-9)13(15)16-17-14(4,5)6/h7-8H,1-6H3. The van der Waals surface area contributed by atoms with E-state index in [-0.39, 0.29) is 0 Å². The zero-order chi connectivity index (χ0) is 13.2. The topological polar surface area (TPSA) is 35.5 Å². The lowest BCUT2D eigenvalue weighted by Crippen LogP contribution is -2.22. The maximum atomic E-state index is 11.9. The predicted molar refractivity (Wildman–Crippen MR) is 66.9 cm³/mol. The maximum absolute atomic E-state index is 11.9. The van der Waals surface area contributed by atoms with Crippen molar-refractivity contribution in [2.75, 3.05) is 0 Å². The quantitative estimate of drug-likeness (QED) is 0.582. The fourth-order valence-electron chi connectivity index (χ4n) is 1.71. The Kier molecular flexibility index (Phi) is 3.94. The van der Waals surface area contributed by atoms with E-state index in [0.29, 0.717) is 5.56 Å². The molecule has 0 fully saturated rings. The van der Waals surface area contributed by atoms with Crippen molar-refractivity contribution >= 4 is 5.97 Å². The Morgan fingerprint density at radius 2 is 1.53 bits per heavy atom. The fraction of sp³-hybridized carbons (Fsp3) is 0.500. The molecule has 0 aliphatic carbocycles. The Bertz CT molecular complexity index is 405. The average molecular weight is 236 g/mol. The number of benzene rings is 1. The van der Waals surface area contributed by atoms with Gasteiger partial charge in [0.25, 0.3) is 0 Å². The number of aryl methyl sites for hydroxylation is 3. The van der Waals surface area contributed by atoms with Crippen LogP contribution in [0.4, 0.5) is 0 Å². The van der Waals surface area contributed by atoms with Crippen molar-refractivity contribution < 1.29 is 14.6 Å². The Morgan fingerprint density at radius 3 is 1.94 bits per heavy atom. The van der Waals surface area contributed by atoms with Crippen LogP contribution in [0.1, 0.15) is 47.8 Å². The third kappa shape index (κ3) is 3.86. The molecule has 0 aliphatic heterocycles. The van der Waals surface area contributed by atoms with Crippen LogP contribution in [0.5, 0.6) is 0 Å². The first-order chi connectivity index (χ1) is 7.70. The summed E-state index contributed by atoms with van der Waals surface area (Å²) in [5, 5.41) is 0. The molecule has 0 aliphatic rings. The zero-order valence-electron chi connectivity index (χ0n) is 11.4. The molecule has 3 nitrogen and oxygen atoms in total. The van der Waals surface area contributed by atoms with Gasteiger partial charge in [0.2, 0.25) is 0 Å². The lowest BCUT2D eigenvalue weighted by atomic mass is 10.0. The summed E-state index contributed by atoms with van der Waals surface area (Å²) >= 11 is 0. The van der Waals surface area contributed by atoms with Crippen molar-refractivity contribution in [3.8, 4) is 0 Å². The summed E-state index contributed by atoms with van der Waals surface area (Å²) in [5.41, 5.74) is 3.03. The molecular formula is C14H20O3. The Hall–Kier alpha value is -1.35. The second-order valence-electron chi connectivity index (χ2n) is 5.34. The molecule has 0 unspecified atom stereocenters. The van der Waals surface area contributed by atoms with Crippen LogP contribution < -0.4 is 0 Å². The van der Waals surface area contributed by atoms with Gasteiger partial charge in [-0.15, -0.1) is 0 Å². The second-order valence-corrected chi connectivity index (χ2v) is 5.34. The van der Waals surface area contributed by atoms with Crippen molar-refractivity contribution in [1.29, 1.82) is 0 Å². The molecule has 0 saturated heterocycles. The molecule has 17 heavy (non-hydrogen) atoms. The van der Waals surface area contributed by atoms with Gasteiger partial charge in [-0.05, 0) is 52.7 Å². The van der Waals surface area contributed by atoms with E-state index in [2.05, 4.69) is 0 Å². The van der Waals surface area contributed by atoms with E-state index >= 15 is 0 Å². The third-order valence-electron chi connectivity index (χ3n) is 2.25. The van der Waals surface area contributed by atoms with Gasteiger partial charge in [-0.2, -0.15) is 4.89 Å². The summed E-state index contributed by atoms with van der Waals surface area (Å²) in [7, 11) is 0. The van der Waals surface area contributed by atoms with Crippen molar-refractivity contribution in [1.82, 2.24) is 0 Å². The van der Waals surface area contributed by atoms with Gasteiger partial charge in [0.05, 0.1) is 5.56 Å². The summed E-state index contributed by atoms with van der Waals surface area (Å²) in [6.07, 6.45) is 0. The molecule has 0 atom stereocenters. The normalized spacial score (nSPS) is 11.4. The van der Waals surface area contributed by atoms with Gasteiger partial charge < -0.3 is 0 Å². The minimum atomic E-state index is -0.498. The highest BCUT2D eigenvalue weighted by atomic mass is 17.2. The molecule has 1 rings (SSSR count). The smallest absolute Gasteiger partial charge is 0.292 e. The van der Waals surface area contributed by atoms with Crippen LogP contribution in [0, 0.1) is 20.8 Å². The minimum absolute atomic E-state index is 0.435. The van der Waals surface area contributed by atoms with Crippen LogP contribution in [-0.4, -0.2) is 11.6 Å². The van der Waals surface area contributed by atoms with Gasteiger partial charge in [0, 0.05) is 0 Å².